The highest BCUT2D eigenvalue weighted by Gasteiger charge is 2.43. The van der Waals surface area contributed by atoms with Crippen LogP contribution in [0.4, 0.5) is 0 Å². The number of nitrogens with zero attached hydrogens (tertiary/aromatic N) is 4. The van der Waals surface area contributed by atoms with Gasteiger partial charge in [-0.1, -0.05) is 109 Å². The molecule has 2 amide bonds. The smallest absolute Gasteiger partial charge is 0.308 e. The number of ether oxygens (including phenoxy) is 10. The monoisotopic (exact) mass is 1470 g/mol. The van der Waals surface area contributed by atoms with Crippen LogP contribution in [0.1, 0.15) is 181 Å². The number of allylic oxidation sites excluding steroid dienone is 4. The lowest BCUT2D eigenvalue weighted by molar-refractivity contribution is -0.168. The molecule has 1 aliphatic rings. The molecule has 0 saturated carbocycles. The number of methoxy groups -OCH3 is 8. The molecule has 0 aromatic carbocycles. The van der Waals surface area contributed by atoms with Crippen molar-refractivity contribution in [3.05, 3.63) is 108 Å². The topological polar surface area (TPSA) is 334 Å². The van der Waals surface area contributed by atoms with Gasteiger partial charge in [-0.15, -0.1) is 0 Å². The zero-order chi connectivity index (χ0) is 77.6. The summed E-state index contributed by atoms with van der Waals surface area (Å²) in [6, 6.07) is 0. The number of oxazole rings is 2. The van der Waals surface area contributed by atoms with Gasteiger partial charge in [0.2, 0.25) is 12.8 Å². The van der Waals surface area contributed by atoms with Crippen LogP contribution in [0.25, 0.3) is 0 Å². The van der Waals surface area contributed by atoms with Crippen molar-refractivity contribution in [2.75, 3.05) is 71.0 Å². The number of aromatic nitrogens is 2. The van der Waals surface area contributed by atoms with E-state index in [2.05, 4.69) is 4.98 Å². The van der Waals surface area contributed by atoms with E-state index in [-0.39, 0.29) is 86.6 Å². The molecule has 0 radical (unpaired) electrons. The molecular formula is C78H124N4O22. The van der Waals surface area contributed by atoms with Crippen LogP contribution in [0.5, 0.6) is 0 Å². The second kappa shape index (κ2) is 48.7. The standard InChI is InChI=1S/C78H124N4O22/c1-50-28-32-59(94-12)39-57(86)40-76(91)103-71(43-69(99-17)51(2)30-33-62(87)53(4)65(95-13)26-22-36-81(9)48-83)55(6)64(89)42-74-79-60(46-101-74)67(97-15)25-21-19-20-24-58(93-11)38-56(85)41-77(92)104-73(78(7,8)72(90)45-75-80-61(47-102-75)68(98-16)35-29-50)44-70(100-18)52(3)31-34-63(88)54(5)66(96-14)27-23-37-82(10)49-84/h19-24,28-29,32,36-37,46-49,51-59,64-73,85-86,89-90H,25-27,30-31,33-35,38-45H2,1-18H3/b21-19+,24-20+,32-28+,36-22+,37-23+,50-29+/t51-,52-,53-,54-,55?,56-,57-,58?,59?,64-,65+,66+,67?,68?,69-,70-,71?,72-,73?/m0/s1. The summed E-state index contributed by atoms with van der Waals surface area (Å²) in [7, 11) is 15.4. The average Bonchev–Trinajstić information content (AvgIpc) is 1.14. The highest BCUT2D eigenvalue weighted by molar-refractivity contribution is 5.81. The van der Waals surface area contributed by atoms with Crippen molar-refractivity contribution in [1.82, 2.24) is 19.8 Å². The second-order valence-corrected chi connectivity index (χ2v) is 28.2. The Labute approximate surface area is 616 Å². The van der Waals surface area contributed by atoms with Crippen LogP contribution in [-0.4, -0.2) is 221 Å². The molecule has 0 aliphatic carbocycles. The van der Waals surface area contributed by atoms with E-state index in [1.165, 1.54) is 57.9 Å². The number of carbonyl (C=O) groups is 6. The zero-order valence-electron chi connectivity index (χ0n) is 64.9. The van der Waals surface area contributed by atoms with E-state index in [1.54, 1.807) is 105 Å². The van der Waals surface area contributed by atoms with E-state index in [0.717, 1.165) is 5.57 Å². The van der Waals surface area contributed by atoms with Crippen LogP contribution < -0.4 is 0 Å². The molecule has 2 aromatic heterocycles. The molecule has 1 aliphatic heterocycles. The van der Waals surface area contributed by atoms with E-state index >= 15 is 0 Å². The largest absolute Gasteiger partial charge is 0.462 e. The molecule has 7 unspecified atom stereocenters. The highest BCUT2D eigenvalue weighted by Crippen LogP contribution is 2.37. The van der Waals surface area contributed by atoms with Crippen molar-refractivity contribution in [3.63, 3.8) is 0 Å². The first-order valence-electron chi connectivity index (χ1n) is 36.1. The molecule has 0 saturated heterocycles. The van der Waals surface area contributed by atoms with E-state index in [1.807, 2.05) is 52.8 Å². The quantitative estimate of drug-likeness (QED) is 0.0391. The Kier molecular flexibility index (Phi) is 43.0. The maximum atomic E-state index is 14.1. The van der Waals surface area contributed by atoms with Crippen molar-refractivity contribution in [2.45, 2.75) is 244 Å². The number of hydrogen-bond acceptors (Lipinski definition) is 24. The van der Waals surface area contributed by atoms with Crippen molar-refractivity contribution in [3.8, 4) is 0 Å². The lowest BCUT2D eigenvalue weighted by Gasteiger charge is -2.40. The van der Waals surface area contributed by atoms with Crippen LogP contribution in [-0.2, 0) is 89.0 Å². The first-order chi connectivity index (χ1) is 49.4. The van der Waals surface area contributed by atoms with Gasteiger partial charge in [0.15, 0.2) is 11.8 Å². The Bertz CT molecular complexity index is 3010. The molecule has 26 nitrogen and oxygen atoms in total. The minimum atomic E-state index is -1.21. The molecule has 4 bridgehead atoms. The Morgan fingerprint density at radius 1 is 0.625 bits per heavy atom. The molecule has 3 rings (SSSR count). The maximum Gasteiger partial charge on any atom is 0.308 e. The van der Waals surface area contributed by atoms with Gasteiger partial charge in [0.1, 0.15) is 59.9 Å². The molecule has 3 heterocycles. The van der Waals surface area contributed by atoms with E-state index < -0.39 is 133 Å². The normalized spacial score (nSPS) is 27.4. The predicted molar refractivity (Wildman–Crippen MR) is 390 cm³/mol. The van der Waals surface area contributed by atoms with Crippen LogP contribution >= 0.6 is 0 Å². The molecule has 26 heteroatoms. The van der Waals surface area contributed by atoms with Gasteiger partial charge in [0, 0.05) is 145 Å². The molecule has 0 fully saturated rings. The zero-order valence-corrected chi connectivity index (χ0v) is 64.9. The van der Waals surface area contributed by atoms with Crippen LogP contribution in [0.15, 0.2) is 94.0 Å². The number of cyclic esters (lactones) is 2. The van der Waals surface area contributed by atoms with Gasteiger partial charge in [-0.05, 0) is 57.3 Å². The number of aliphatic hydroxyl groups excluding tert-OH is 4. The third kappa shape index (κ3) is 32.0. The first-order valence-corrected chi connectivity index (χ1v) is 36.1. The van der Waals surface area contributed by atoms with Gasteiger partial charge in [-0.25, -0.2) is 9.97 Å². The fraction of sp³-hybridized carbons (Fsp3) is 0.692. The van der Waals surface area contributed by atoms with Crippen molar-refractivity contribution >= 4 is 36.3 Å². The molecule has 588 valence electrons. The number of aliphatic hydroxyl groups is 4. The van der Waals surface area contributed by atoms with E-state index in [9.17, 15) is 49.2 Å². The number of ketones is 2. The van der Waals surface area contributed by atoms with Gasteiger partial charge in [0.25, 0.3) is 0 Å². The van der Waals surface area contributed by atoms with Gasteiger partial charge >= 0.3 is 11.9 Å². The van der Waals surface area contributed by atoms with Gasteiger partial charge in [0.05, 0.1) is 86.7 Å². The summed E-state index contributed by atoms with van der Waals surface area (Å²) in [5, 5.41) is 46.9. The molecule has 4 N–H and O–H groups in total. The minimum absolute atomic E-state index is 0.0163. The number of esters is 2. The fourth-order valence-electron chi connectivity index (χ4n) is 12.4. The number of fused-ring (bicyclic) bond motifs is 4. The first kappa shape index (κ1) is 91.8. The Morgan fingerprint density at radius 2 is 1.09 bits per heavy atom. The Morgan fingerprint density at radius 3 is 1.56 bits per heavy atom. The maximum absolute atomic E-state index is 14.1. The van der Waals surface area contributed by atoms with Gasteiger partial charge in [-0.2, -0.15) is 0 Å². The van der Waals surface area contributed by atoms with Gasteiger partial charge in [-0.3, -0.25) is 28.8 Å². The minimum Gasteiger partial charge on any atom is -0.462 e. The second-order valence-electron chi connectivity index (χ2n) is 28.2. The van der Waals surface area contributed by atoms with E-state index in [4.69, 9.17) is 61.2 Å². The lowest BCUT2D eigenvalue weighted by Crippen LogP contribution is -2.46. The average molecular weight is 1470 g/mol. The summed E-state index contributed by atoms with van der Waals surface area (Å²) in [4.78, 5) is 89.6. The molecule has 0 spiro atoms. The number of rotatable bonds is 32. The molecular weight excluding hydrogens is 1340 g/mol. The van der Waals surface area contributed by atoms with Crippen LogP contribution in [0, 0.1) is 35.0 Å². The fourth-order valence-corrected chi connectivity index (χ4v) is 12.4. The third-order valence-electron chi connectivity index (χ3n) is 20.1. The predicted octanol–water partition coefficient (Wildman–Crippen LogP) is 9.82. The Hall–Kier alpha value is -6.40. The number of amides is 2. The van der Waals surface area contributed by atoms with Crippen molar-refractivity contribution in [1.29, 1.82) is 0 Å². The summed E-state index contributed by atoms with van der Waals surface area (Å²) in [6.07, 6.45) is 14.7. The Balaban J connectivity index is 1.99. The SMILES string of the molecule is COC1/C=C/C(C)=C/CC(OC)c2coc(n2)C[C@H](O)C(C)(C)C(C[C@H](OC)[C@@H](C)CCC(=O)[C@H](C)[C@@H](C/C=C/N(C)C=O)OC)OC(=O)C[C@@H](O)CC(OC)/C=C/C=C/CC(OC)c2coc(n2)C[C@H](O)C(C)C(C[C@H](OC)[C@@H](C)CCC(=O)[C@H](C)[C@@H](C/C=C/N(C)C=O)OC)OC(=O)C[C@@H](O)C1. The summed E-state index contributed by atoms with van der Waals surface area (Å²) in [5.74, 6) is -3.18. The number of carbonyl (C=O) groups excluding carboxylic acids is 6. The number of hydrogen-bond donors (Lipinski definition) is 4. The van der Waals surface area contributed by atoms with Crippen molar-refractivity contribution in [2.24, 2.45) is 35.0 Å². The van der Waals surface area contributed by atoms with E-state index in [0.29, 0.717) is 62.7 Å². The highest BCUT2D eigenvalue weighted by atomic mass is 16.6. The summed E-state index contributed by atoms with van der Waals surface area (Å²) >= 11 is 0. The van der Waals surface area contributed by atoms with Gasteiger partial charge < -0.3 is 86.4 Å². The molecule has 2 aromatic rings. The van der Waals surface area contributed by atoms with Crippen molar-refractivity contribution < 1.29 is 105 Å². The van der Waals surface area contributed by atoms with Crippen LogP contribution in [0.3, 0.4) is 0 Å². The summed E-state index contributed by atoms with van der Waals surface area (Å²) < 4.78 is 70.9. The number of Topliss-reactive ketones (excluding diaryl/α,β-unsaturated/α-hetero) is 2. The summed E-state index contributed by atoms with van der Waals surface area (Å²) in [6.45, 7) is 14.7. The van der Waals surface area contributed by atoms with Crippen LogP contribution in [0.2, 0.25) is 0 Å². The third-order valence-corrected chi connectivity index (χ3v) is 20.1. The molecule has 104 heavy (non-hydrogen) atoms. The lowest BCUT2D eigenvalue weighted by atomic mass is 9.75. The summed E-state index contributed by atoms with van der Waals surface area (Å²) in [5.41, 5.74) is 0.542. The molecule has 19 atom stereocenters.